The van der Waals surface area contributed by atoms with E-state index in [1.165, 1.54) is 143 Å². The van der Waals surface area contributed by atoms with Crippen LogP contribution in [0.2, 0.25) is 12.6 Å². The molecule has 4 aliphatic carbocycles. The maximum absolute atomic E-state index is 11.2. The molecule has 4 aliphatic rings. The molecule has 0 spiro atoms. The van der Waals surface area contributed by atoms with E-state index in [1.54, 1.807) is 17.7 Å². The molecule has 4 bridgehead atoms. The van der Waals surface area contributed by atoms with Crippen molar-refractivity contribution >= 4 is 48.1 Å². The molecule has 6 aromatic rings. The second-order valence-corrected chi connectivity index (χ2v) is 24.2. The van der Waals surface area contributed by atoms with Crippen molar-refractivity contribution in [2.24, 2.45) is 22.7 Å². The van der Waals surface area contributed by atoms with Crippen LogP contribution in [0, 0.1) is 50.4 Å². The average molecular weight is 957 g/mol. The van der Waals surface area contributed by atoms with Crippen LogP contribution < -0.4 is 0 Å². The fraction of sp³-hybridized carbons (Fsp3) is 0.444. The zero-order valence-electron chi connectivity index (χ0n) is 36.7. The predicted octanol–water partition coefficient (Wildman–Crippen LogP) is 17.4. The van der Waals surface area contributed by atoms with E-state index in [9.17, 15) is 13.2 Å². The van der Waals surface area contributed by atoms with Crippen molar-refractivity contribution in [3.8, 4) is 22.3 Å². The van der Waals surface area contributed by atoms with Gasteiger partial charge in [0.25, 0.3) is 0 Å². The normalized spacial score (nSPS) is 22.3. The van der Waals surface area contributed by atoms with Crippen LogP contribution in [-0.4, -0.2) is 15.7 Å². The van der Waals surface area contributed by atoms with Gasteiger partial charge in [-0.3, -0.25) is 0 Å². The molecule has 4 saturated carbocycles. The SMILES string of the molecule is C[Si]CCC(F)(F)F.Cc1cc(C)cc(-c2cccc3[cH-]c(CC45CCC(CC4)C5)cc23)c1.Cc1cc(C)cc(-c2cccc3[cH-]c(CC45CCC(CC4)C5)cc23)c1.[Cl][Zr+2][Cl]. The topological polar surface area (TPSA) is 0 Å². The Morgan fingerprint density at radius 3 is 1.30 bits per heavy atom. The molecule has 0 atom stereocenters. The number of hydrogen-bond donors (Lipinski definition) is 0. The standard InChI is InChI=1S/2C25H27.C4H7F3Si.2ClH.Zr/c2*1-17-10-18(2)12-22(11-17)23-5-3-4-21-13-20(14-24(21)23)16-25-8-6-19(15-25)7-9-25;1-8-3-2-4(5,6)7;;;/h2*3-5,10-14,19H,6-9,15-16H2,1-2H3;2-3H2,1H3;2*1H;/q2*-1;;;;+4/p-2. The Hall–Kier alpha value is -2.43. The molecule has 0 saturated heterocycles. The molecule has 6 aromatic carbocycles. The zero-order valence-corrected chi connectivity index (χ0v) is 41.7. The first-order valence-corrected chi connectivity index (χ1v) is 30.4. The Morgan fingerprint density at radius 1 is 0.623 bits per heavy atom. The Kier molecular flexibility index (Phi) is 15.4. The molecule has 61 heavy (non-hydrogen) atoms. The van der Waals surface area contributed by atoms with Crippen LogP contribution >= 0.6 is 17.0 Å². The molecule has 2 radical (unpaired) electrons. The van der Waals surface area contributed by atoms with Gasteiger partial charge in [0.15, 0.2) is 0 Å². The molecule has 320 valence electrons. The van der Waals surface area contributed by atoms with Crippen LogP contribution in [-0.2, 0) is 33.7 Å². The first-order valence-electron chi connectivity index (χ1n) is 22.4. The molecule has 0 aliphatic heterocycles. The summed E-state index contributed by atoms with van der Waals surface area (Å²) in [5.41, 5.74) is 15.3. The minimum absolute atomic E-state index is 0.281. The van der Waals surface area contributed by atoms with Gasteiger partial charge in [0.05, 0.1) is 0 Å². The third-order valence-electron chi connectivity index (χ3n) is 14.3. The summed E-state index contributed by atoms with van der Waals surface area (Å²) in [6, 6.07) is 37.6. The number of aryl methyl sites for hydroxylation is 4. The van der Waals surface area contributed by atoms with Gasteiger partial charge in [-0.15, -0.1) is 69.1 Å². The molecule has 0 amide bonds. The van der Waals surface area contributed by atoms with Crippen molar-refractivity contribution in [2.45, 2.75) is 130 Å². The molecular weight excluding hydrogens is 896 g/mol. The molecule has 4 fully saturated rings. The molecule has 0 unspecified atom stereocenters. The number of alkyl halides is 3. The summed E-state index contributed by atoms with van der Waals surface area (Å²) in [6.07, 6.45) is 12.8. The van der Waals surface area contributed by atoms with Crippen LogP contribution in [0.5, 0.6) is 0 Å². The van der Waals surface area contributed by atoms with Crippen molar-refractivity contribution in [1.29, 1.82) is 0 Å². The summed E-state index contributed by atoms with van der Waals surface area (Å²) in [5.74, 6) is 2.07. The Labute approximate surface area is 384 Å². The number of hydrogen-bond acceptors (Lipinski definition) is 0. The van der Waals surface area contributed by atoms with Gasteiger partial charge in [0.2, 0.25) is 0 Å². The van der Waals surface area contributed by atoms with Crippen molar-refractivity contribution in [3.05, 3.63) is 130 Å². The monoisotopic (exact) mass is 954 g/mol. The van der Waals surface area contributed by atoms with E-state index in [2.05, 4.69) is 125 Å². The molecule has 0 nitrogen and oxygen atoms in total. The fourth-order valence-electron chi connectivity index (χ4n) is 11.8. The molecule has 0 N–H and O–H groups in total. The van der Waals surface area contributed by atoms with Gasteiger partial charge >= 0.3 is 44.1 Å². The second kappa shape index (κ2) is 20.2. The average Bonchev–Trinajstić information content (AvgIpc) is 4.07. The summed E-state index contributed by atoms with van der Waals surface area (Å²) in [7, 11) is 10.3. The number of halogens is 5. The van der Waals surface area contributed by atoms with Gasteiger partial charge in [-0.1, -0.05) is 94.5 Å². The van der Waals surface area contributed by atoms with E-state index < -0.39 is 33.4 Å². The predicted molar refractivity (Wildman–Crippen MR) is 253 cm³/mol. The van der Waals surface area contributed by atoms with E-state index in [-0.39, 0.29) is 6.04 Å². The third kappa shape index (κ3) is 11.8. The van der Waals surface area contributed by atoms with Crippen LogP contribution in [0.25, 0.3) is 43.8 Å². The molecule has 7 heteroatoms. The van der Waals surface area contributed by atoms with Crippen molar-refractivity contribution < 1.29 is 34.0 Å². The third-order valence-corrected chi connectivity index (χ3v) is 15.0. The van der Waals surface area contributed by atoms with Gasteiger partial charge < -0.3 is 0 Å². The van der Waals surface area contributed by atoms with Crippen molar-refractivity contribution in [2.75, 3.05) is 0 Å². The van der Waals surface area contributed by atoms with Crippen molar-refractivity contribution in [3.63, 3.8) is 0 Å². The Balaban J connectivity index is 0.000000149. The summed E-state index contributed by atoms with van der Waals surface area (Å²) in [6.45, 7) is 10.6. The zero-order chi connectivity index (χ0) is 43.4. The Bertz CT molecular complexity index is 2190. The van der Waals surface area contributed by atoms with Crippen LogP contribution in [0.3, 0.4) is 0 Å². The number of benzene rings is 4. The van der Waals surface area contributed by atoms with Gasteiger partial charge in [-0.25, -0.2) is 0 Å². The van der Waals surface area contributed by atoms with Crippen molar-refractivity contribution in [1.82, 2.24) is 0 Å². The second-order valence-electron chi connectivity index (χ2n) is 19.3. The van der Waals surface area contributed by atoms with E-state index in [4.69, 9.17) is 17.0 Å². The number of fused-ring (bicyclic) bond motifs is 6. The summed E-state index contributed by atoms with van der Waals surface area (Å²) in [4.78, 5) is 0. The fourth-order valence-corrected chi connectivity index (χ4v) is 12.3. The van der Waals surface area contributed by atoms with Crippen LogP contribution in [0.1, 0.15) is 104 Å². The van der Waals surface area contributed by atoms with E-state index in [1.807, 2.05) is 0 Å². The van der Waals surface area contributed by atoms with E-state index >= 15 is 0 Å². The first kappa shape index (κ1) is 46.6. The minimum atomic E-state index is -3.94. The summed E-state index contributed by atoms with van der Waals surface area (Å²) >= 11 is -0.826. The summed E-state index contributed by atoms with van der Waals surface area (Å²) in [5, 5.41) is 5.70. The van der Waals surface area contributed by atoms with Gasteiger partial charge in [-0.05, 0) is 139 Å². The van der Waals surface area contributed by atoms with Gasteiger partial charge in [-0.2, -0.15) is 25.3 Å². The molecule has 0 aromatic heterocycles. The number of rotatable bonds is 8. The van der Waals surface area contributed by atoms with Crippen LogP contribution in [0.4, 0.5) is 13.2 Å². The molecule has 10 rings (SSSR count). The van der Waals surface area contributed by atoms with Crippen LogP contribution in [0.15, 0.2) is 97.1 Å². The Morgan fingerprint density at radius 2 is 1.00 bits per heavy atom. The molecule has 0 heterocycles. The maximum atomic E-state index is 11.2. The van der Waals surface area contributed by atoms with Gasteiger partial charge in [0, 0.05) is 15.9 Å². The van der Waals surface area contributed by atoms with E-state index in [0.717, 1.165) is 11.8 Å². The summed E-state index contributed by atoms with van der Waals surface area (Å²) < 4.78 is 33.7. The molecular formula is C54H61Cl2F3SiZr. The quantitative estimate of drug-likeness (QED) is 0.105. The van der Waals surface area contributed by atoms with E-state index in [0.29, 0.717) is 20.3 Å². The van der Waals surface area contributed by atoms with Gasteiger partial charge in [0.1, 0.15) is 0 Å². The first-order chi connectivity index (χ1) is 29.2.